The number of carbonyl (C=O) groups excluding carboxylic acids is 1. The summed E-state index contributed by atoms with van der Waals surface area (Å²) in [5.74, 6) is -0.958. The molecule has 10 heteroatoms. The lowest BCUT2D eigenvalue weighted by Gasteiger charge is -2.18. The number of alkyl halides is 3. The van der Waals surface area contributed by atoms with E-state index in [0.717, 1.165) is 12.3 Å². The van der Waals surface area contributed by atoms with E-state index in [2.05, 4.69) is 15.0 Å². The second-order valence-electron chi connectivity index (χ2n) is 6.11. The molecular formula is C18H15ClF4N2O3. The maximum absolute atomic E-state index is 13.6. The molecule has 1 aliphatic rings. The van der Waals surface area contributed by atoms with Crippen LogP contribution >= 0.6 is 11.6 Å². The lowest BCUT2D eigenvalue weighted by molar-refractivity contribution is -0.154. The Balaban J connectivity index is 1.75. The van der Waals surface area contributed by atoms with Crippen molar-refractivity contribution in [3.8, 4) is 11.6 Å². The van der Waals surface area contributed by atoms with Gasteiger partial charge in [-0.3, -0.25) is 4.79 Å². The van der Waals surface area contributed by atoms with Crippen LogP contribution in [0.5, 0.6) is 11.6 Å². The van der Waals surface area contributed by atoms with Crippen molar-refractivity contribution in [1.82, 2.24) is 10.3 Å². The molecule has 1 aliphatic heterocycles. The molecule has 1 N–H and O–H groups in total. The van der Waals surface area contributed by atoms with Gasteiger partial charge in [0, 0.05) is 11.8 Å². The number of aromatic nitrogens is 1. The van der Waals surface area contributed by atoms with Gasteiger partial charge in [0.1, 0.15) is 16.6 Å². The second kappa shape index (κ2) is 8.22. The van der Waals surface area contributed by atoms with Crippen LogP contribution in [0.1, 0.15) is 34.8 Å². The van der Waals surface area contributed by atoms with E-state index in [9.17, 15) is 22.4 Å². The van der Waals surface area contributed by atoms with Crippen molar-refractivity contribution in [1.29, 1.82) is 0 Å². The van der Waals surface area contributed by atoms with E-state index in [0.29, 0.717) is 30.8 Å². The van der Waals surface area contributed by atoms with Crippen LogP contribution < -0.4 is 14.8 Å². The number of hydrogen-bond acceptors (Lipinski definition) is 4. The Bertz CT molecular complexity index is 876. The molecule has 0 bridgehead atoms. The largest absolute Gasteiger partial charge is 0.493 e. The molecule has 2 aromatic rings. The molecule has 2 heterocycles. The lowest BCUT2D eigenvalue weighted by atomic mass is 10.0. The first-order valence-electron chi connectivity index (χ1n) is 8.31. The topological polar surface area (TPSA) is 60.5 Å². The van der Waals surface area contributed by atoms with Crippen molar-refractivity contribution >= 4 is 17.5 Å². The Hall–Kier alpha value is -2.55. The normalized spacial score (nSPS) is 16.5. The van der Waals surface area contributed by atoms with Crippen molar-refractivity contribution in [2.45, 2.75) is 25.1 Å². The van der Waals surface area contributed by atoms with E-state index in [-0.39, 0.29) is 10.6 Å². The number of pyridine rings is 1. The summed E-state index contributed by atoms with van der Waals surface area (Å²) in [5.41, 5.74) is 0.544. The van der Waals surface area contributed by atoms with Crippen molar-refractivity contribution in [3.63, 3.8) is 0 Å². The Morgan fingerprint density at radius 3 is 2.86 bits per heavy atom. The van der Waals surface area contributed by atoms with Crippen molar-refractivity contribution in [2.24, 2.45) is 0 Å². The first-order valence-corrected chi connectivity index (χ1v) is 8.69. The van der Waals surface area contributed by atoms with E-state index in [1.54, 1.807) is 0 Å². The minimum atomic E-state index is -4.54. The van der Waals surface area contributed by atoms with E-state index in [1.807, 2.05) is 0 Å². The molecule has 3 rings (SSSR count). The third-order valence-corrected chi connectivity index (χ3v) is 4.26. The van der Waals surface area contributed by atoms with Gasteiger partial charge in [0.05, 0.1) is 18.2 Å². The Labute approximate surface area is 162 Å². The number of fused-ring (bicyclic) bond motifs is 1. The van der Waals surface area contributed by atoms with Crippen LogP contribution in [-0.4, -0.2) is 30.3 Å². The number of ether oxygens (including phenoxy) is 2. The molecule has 0 spiro atoms. The maximum Gasteiger partial charge on any atom is 0.422 e. The fourth-order valence-electron chi connectivity index (χ4n) is 2.75. The van der Waals surface area contributed by atoms with Gasteiger partial charge in [-0.25, -0.2) is 9.37 Å². The van der Waals surface area contributed by atoms with Crippen LogP contribution in [-0.2, 0) is 0 Å². The highest BCUT2D eigenvalue weighted by Gasteiger charge is 2.29. The smallest absolute Gasteiger partial charge is 0.422 e. The number of halogens is 5. The molecule has 1 aromatic carbocycles. The Kier molecular flexibility index (Phi) is 5.93. The molecule has 1 atom stereocenters. The quantitative estimate of drug-likeness (QED) is 0.745. The van der Waals surface area contributed by atoms with E-state index < -0.39 is 36.4 Å². The second-order valence-corrected chi connectivity index (χ2v) is 6.52. The molecule has 150 valence electrons. The van der Waals surface area contributed by atoms with E-state index in [1.165, 1.54) is 18.2 Å². The number of amides is 1. The highest BCUT2D eigenvalue weighted by Crippen LogP contribution is 2.32. The van der Waals surface area contributed by atoms with Crippen LogP contribution in [0.4, 0.5) is 17.6 Å². The molecule has 0 radical (unpaired) electrons. The molecule has 0 fully saturated rings. The maximum atomic E-state index is 13.6. The van der Waals surface area contributed by atoms with Crippen LogP contribution in [0, 0.1) is 5.82 Å². The zero-order valence-corrected chi connectivity index (χ0v) is 15.1. The predicted molar refractivity (Wildman–Crippen MR) is 92.1 cm³/mol. The Morgan fingerprint density at radius 1 is 1.36 bits per heavy atom. The third kappa shape index (κ3) is 5.03. The van der Waals surface area contributed by atoms with E-state index >= 15 is 0 Å². The van der Waals surface area contributed by atoms with Gasteiger partial charge in [0.25, 0.3) is 5.91 Å². The fourth-order valence-corrected chi connectivity index (χ4v) is 2.97. The number of hydrogen-bond donors (Lipinski definition) is 1. The lowest BCUT2D eigenvalue weighted by Crippen LogP contribution is -2.28. The first-order chi connectivity index (χ1) is 13.2. The summed E-state index contributed by atoms with van der Waals surface area (Å²) in [7, 11) is 0. The molecule has 1 unspecified atom stereocenters. The summed E-state index contributed by atoms with van der Waals surface area (Å²) in [5, 5.41) is 2.53. The molecule has 1 amide bonds. The number of benzene rings is 1. The van der Waals surface area contributed by atoms with Gasteiger partial charge in [-0.15, -0.1) is 0 Å². The van der Waals surface area contributed by atoms with Crippen molar-refractivity contribution < 1.29 is 31.8 Å². The molecule has 0 aliphatic carbocycles. The van der Waals surface area contributed by atoms with Gasteiger partial charge >= 0.3 is 6.18 Å². The Morgan fingerprint density at radius 2 is 2.14 bits per heavy atom. The molecule has 28 heavy (non-hydrogen) atoms. The standard InChI is InChI=1S/C18H15ClF4N2O3/c19-13-6-10(8-24-17(13)28-9-18(21,22)23)16(26)25-14-2-1-5-27-15-4-3-11(20)7-12(14)15/h3-4,6-8,14H,1-2,5,9H2,(H,25,26). The van der Waals surface area contributed by atoms with Gasteiger partial charge in [-0.1, -0.05) is 11.6 Å². The van der Waals surface area contributed by atoms with Gasteiger partial charge in [0.2, 0.25) is 5.88 Å². The zero-order valence-electron chi connectivity index (χ0n) is 14.4. The molecule has 1 aromatic heterocycles. The van der Waals surface area contributed by atoms with Crippen LogP contribution in [0.2, 0.25) is 5.02 Å². The van der Waals surface area contributed by atoms with Gasteiger partial charge in [-0.05, 0) is 37.1 Å². The number of rotatable bonds is 4. The van der Waals surface area contributed by atoms with Crippen molar-refractivity contribution in [2.75, 3.05) is 13.2 Å². The molecular weight excluding hydrogens is 404 g/mol. The zero-order chi connectivity index (χ0) is 20.3. The number of carbonyl (C=O) groups is 1. The summed E-state index contributed by atoms with van der Waals surface area (Å²) in [4.78, 5) is 16.2. The minimum absolute atomic E-state index is 0.0347. The average Bonchev–Trinajstić information content (AvgIpc) is 2.82. The van der Waals surface area contributed by atoms with Crippen molar-refractivity contribution in [3.05, 3.63) is 52.4 Å². The third-order valence-electron chi connectivity index (χ3n) is 3.99. The monoisotopic (exact) mass is 418 g/mol. The number of nitrogens with one attached hydrogen (secondary N) is 1. The van der Waals surface area contributed by atoms with E-state index in [4.69, 9.17) is 16.3 Å². The van der Waals surface area contributed by atoms with Crippen LogP contribution in [0.15, 0.2) is 30.5 Å². The van der Waals surface area contributed by atoms with Gasteiger partial charge in [0.15, 0.2) is 6.61 Å². The SMILES string of the molecule is O=C(NC1CCCOc2ccc(F)cc21)c1cnc(OCC(F)(F)F)c(Cl)c1. The summed E-state index contributed by atoms with van der Waals surface area (Å²) in [6, 6.07) is 4.73. The summed E-state index contributed by atoms with van der Waals surface area (Å²) >= 11 is 5.87. The van der Waals surface area contributed by atoms with Gasteiger partial charge in [-0.2, -0.15) is 13.2 Å². The average molecular weight is 419 g/mol. The highest BCUT2D eigenvalue weighted by atomic mass is 35.5. The summed E-state index contributed by atoms with van der Waals surface area (Å²) in [6.07, 6.45) is -2.31. The fraction of sp³-hybridized carbons (Fsp3) is 0.333. The molecule has 0 saturated heterocycles. The first kappa shape index (κ1) is 20.2. The minimum Gasteiger partial charge on any atom is -0.493 e. The van der Waals surface area contributed by atoms with Crippen LogP contribution in [0.3, 0.4) is 0 Å². The van der Waals surface area contributed by atoms with Gasteiger partial charge < -0.3 is 14.8 Å². The predicted octanol–water partition coefficient (Wildman–Crippen LogP) is 4.46. The molecule has 0 saturated carbocycles. The summed E-state index contributed by atoms with van der Waals surface area (Å²) in [6.45, 7) is -1.11. The molecule has 5 nitrogen and oxygen atoms in total. The number of nitrogens with zero attached hydrogens (tertiary/aromatic N) is 1. The summed E-state index contributed by atoms with van der Waals surface area (Å²) < 4.78 is 60.4. The van der Waals surface area contributed by atoms with Crippen LogP contribution in [0.25, 0.3) is 0 Å². The highest BCUT2D eigenvalue weighted by molar-refractivity contribution is 6.32.